The number of halogens is 1. The number of nitrogens with one attached hydrogen (secondary N) is 1. The van der Waals surface area contributed by atoms with Gasteiger partial charge in [0.1, 0.15) is 17.6 Å². The van der Waals surface area contributed by atoms with Crippen LogP contribution < -0.4 is 10.4 Å². The molecule has 1 aromatic heterocycles. The quantitative estimate of drug-likeness (QED) is 0.430. The number of carbonyl (C=O) groups is 1. The minimum absolute atomic E-state index is 0.162. The van der Waals surface area contributed by atoms with Crippen LogP contribution in [0, 0.1) is 11.2 Å². The maximum absolute atomic E-state index is 14.5. The first kappa shape index (κ1) is 16.7. The molecule has 0 unspecified atom stereocenters. The highest BCUT2D eigenvalue weighted by Crippen LogP contribution is 2.28. The number of aromatic nitrogens is 1. The Kier molecular flexibility index (Phi) is 4.48. The molecule has 1 aliphatic rings. The van der Waals surface area contributed by atoms with Crippen molar-refractivity contribution in [3.8, 4) is 11.1 Å². The van der Waals surface area contributed by atoms with E-state index in [0.29, 0.717) is 16.8 Å². The van der Waals surface area contributed by atoms with Crippen LogP contribution in [-0.4, -0.2) is 41.3 Å². The molecule has 2 heterocycles. The van der Waals surface area contributed by atoms with Gasteiger partial charge in [0, 0.05) is 22.4 Å². The number of pyridine rings is 1. The number of amidine groups is 1. The number of aliphatic hydroxyl groups is 1. The van der Waals surface area contributed by atoms with Crippen molar-refractivity contribution < 1.29 is 24.6 Å². The Morgan fingerprint density at radius 1 is 1.48 bits per heavy atom. The van der Waals surface area contributed by atoms with Crippen LogP contribution >= 0.6 is 0 Å². The third-order valence-corrected chi connectivity index (χ3v) is 3.79. The number of amides is 1. The van der Waals surface area contributed by atoms with E-state index in [1.54, 1.807) is 12.1 Å². The molecule has 1 amide bonds. The molecule has 2 aromatic rings. The summed E-state index contributed by atoms with van der Waals surface area (Å²) in [4.78, 5) is 17.0. The Hall–Kier alpha value is -3.20. The van der Waals surface area contributed by atoms with E-state index in [0.717, 1.165) is 0 Å². The van der Waals surface area contributed by atoms with Crippen molar-refractivity contribution in [3.63, 3.8) is 0 Å². The van der Waals surface area contributed by atoms with E-state index in [-0.39, 0.29) is 24.7 Å². The second kappa shape index (κ2) is 6.73. The lowest BCUT2D eigenvalue weighted by Gasteiger charge is -2.14. The van der Waals surface area contributed by atoms with E-state index in [9.17, 15) is 9.18 Å². The second-order valence-corrected chi connectivity index (χ2v) is 5.37. The summed E-state index contributed by atoms with van der Waals surface area (Å²) in [7, 11) is 0. The largest absolute Gasteiger partial charge is 0.441 e. The van der Waals surface area contributed by atoms with Gasteiger partial charge in [-0.05, 0) is 24.3 Å². The van der Waals surface area contributed by atoms with Gasteiger partial charge in [-0.3, -0.25) is 15.3 Å². The van der Waals surface area contributed by atoms with Gasteiger partial charge in [0.2, 0.25) is 5.84 Å². The summed E-state index contributed by atoms with van der Waals surface area (Å²) in [5, 5.41) is 19.8. The molecule has 0 bridgehead atoms. The van der Waals surface area contributed by atoms with Gasteiger partial charge in [0.15, 0.2) is 0 Å². The molecule has 0 spiro atoms. The number of hydrogen-bond donors (Lipinski definition) is 3. The average molecular weight is 344 g/mol. The van der Waals surface area contributed by atoms with E-state index in [1.165, 1.54) is 29.3 Å². The number of aliphatic hydroxyl groups excluding tert-OH is 1. The highest BCUT2D eigenvalue weighted by atomic mass is 19.1. The zero-order valence-electron chi connectivity index (χ0n) is 13.0. The zero-order chi connectivity index (χ0) is 18.0. The van der Waals surface area contributed by atoms with Crippen LogP contribution in [0.1, 0.15) is 5.69 Å². The van der Waals surface area contributed by atoms with Crippen molar-refractivity contribution in [3.05, 3.63) is 48.0 Å². The normalized spacial score (nSPS) is 16.6. The monoisotopic (exact) mass is 344 g/mol. The minimum atomic E-state index is -0.624. The number of carbonyl (C=O) groups excluding carboxylic acids is 1. The Morgan fingerprint density at radius 3 is 2.84 bits per heavy atom. The molecule has 1 fully saturated rings. The summed E-state index contributed by atoms with van der Waals surface area (Å²) >= 11 is 0. The Balaban J connectivity index is 1.86. The molecule has 4 N–H and O–H groups in total. The smallest absolute Gasteiger partial charge is 0.414 e. The van der Waals surface area contributed by atoms with Crippen LogP contribution in [0.15, 0.2) is 41.6 Å². The van der Waals surface area contributed by atoms with Gasteiger partial charge in [-0.2, -0.15) is 5.53 Å². The highest BCUT2D eigenvalue weighted by Gasteiger charge is 2.32. The molecule has 3 rings (SSSR count). The predicted molar refractivity (Wildman–Crippen MR) is 85.5 cm³/mol. The zero-order valence-corrected chi connectivity index (χ0v) is 13.0. The number of nitrogens with zero attached hydrogens (tertiary/aromatic N) is 3. The summed E-state index contributed by atoms with van der Waals surface area (Å²) in [5.74, 6) is -0.709. The Bertz CT molecular complexity index is 840. The van der Waals surface area contributed by atoms with Crippen molar-refractivity contribution in [2.24, 2.45) is 5.11 Å². The second-order valence-electron chi connectivity index (χ2n) is 5.37. The molecule has 0 saturated carbocycles. The third-order valence-electron chi connectivity index (χ3n) is 3.79. The molecule has 0 aliphatic carbocycles. The van der Waals surface area contributed by atoms with Crippen molar-refractivity contribution >= 4 is 17.6 Å². The van der Waals surface area contributed by atoms with E-state index in [4.69, 9.17) is 20.8 Å². The molecule has 1 aromatic carbocycles. The maximum atomic E-state index is 14.5. The lowest BCUT2D eigenvalue weighted by Crippen LogP contribution is -2.26. The lowest BCUT2D eigenvalue weighted by atomic mass is 10.1. The summed E-state index contributed by atoms with van der Waals surface area (Å²) in [6.07, 6.45) is 0.176. The maximum Gasteiger partial charge on any atom is 0.414 e. The standard InChI is InChI=1S/C16H14FN5O3/c17-13-5-10(22-7-11(8-23)25-16(22)24)2-3-12(13)9-1-4-14(20-6-9)15(18)21-19/h1-6,11,18-19,23H,7-8H2/p+1/t11-/m1/s1. The van der Waals surface area contributed by atoms with E-state index in [2.05, 4.69) is 10.1 Å². The van der Waals surface area contributed by atoms with Crippen LogP contribution in [0.2, 0.25) is 0 Å². The van der Waals surface area contributed by atoms with E-state index < -0.39 is 18.0 Å². The Morgan fingerprint density at radius 2 is 2.28 bits per heavy atom. The van der Waals surface area contributed by atoms with Crippen LogP contribution in [0.5, 0.6) is 0 Å². The van der Waals surface area contributed by atoms with Gasteiger partial charge >= 0.3 is 6.09 Å². The fourth-order valence-electron chi connectivity index (χ4n) is 2.49. The van der Waals surface area contributed by atoms with Gasteiger partial charge < -0.3 is 9.84 Å². The molecule has 8 nitrogen and oxygen atoms in total. The average Bonchev–Trinajstić information content (AvgIpc) is 3.02. The van der Waals surface area contributed by atoms with Crippen molar-refractivity contribution in [1.82, 2.24) is 4.98 Å². The number of rotatable bonds is 4. The van der Waals surface area contributed by atoms with Crippen molar-refractivity contribution in [2.45, 2.75) is 6.10 Å². The SMILES string of the molecule is N=C(N=[NH2+])c1ccc(-c2ccc(N3C[C@H](CO)OC3=O)cc2F)cn1. The van der Waals surface area contributed by atoms with Gasteiger partial charge in [0.05, 0.1) is 18.8 Å². The molecule has 9 heteroatoms. The number of nitrogens with two attached hydrogens (primary N) is 1. The molecule has 1 saturated heterocycles. The van der Waals surface area contributed by atoms with Crippen molar-refractivity contribution in [1.29, 1.82) is 5.41 Å². The first-order valence-electron chi connectivity index (χ1n) is 7.38. The highest BCUT2D eigenvalue weighted by molar-refractivity contribution is 5.94. The van der Waals surface area contributed by atoms with Gasteiger partial charge in [-0.1, -0.05) is 6.07 Å². The third kappa shape index (κ3) is 3.22. The molecule has 1 aliphatic heterocycles. The molecule has 128 valence electrons. The number of cyclic esters (lactones) is 1. The number of anilines is 1. The molecule has 1 atom stereocenters. The number of benzene rings is 1. The van der Waals surface area contributed by atoms with Gasteiger partial charge in [-0.25, -0.2) is 9.18 Å². The summed E-state index contributed by atoms with van der Waals surface area (Å²) in [6, 6.07) is 7.46. The summed E-state index contributed by atoms with van der Waals surface area (Å²) in [5.41, 5.74) is 6.45. The fourth-order valence-corrected chi connectivity index (χ4v) is 2.49. The van der Waals surface area contributed by atoms with E-state index >= 15 is 0 Å². The summed E-state index contributed by atoms with van der Waals surface area (Å²) < 4.78 is 19.4. The first-order valence-corrected chi connectivity index (χ1v) is 7.38. The molecule has 25 heavy (non-hydrogen) atoms. The molecular formula is C16H15FN5O3+. The number of hydrogen-bond acceptors (Lipinski definition) is 5. The predicted octanol–water partition coefficient (Wildman–Crippen LogP) is 0.742. The minimum Gasteiger partial charge on any atom is -0.441 e. The topological polar surface area (TPSA) is 124 Å². The van der Waals surface area contributed by atoms with E-state index in [1.807, 2.05) is 0 Å². The summed E-state index contributed by atoms with van der Waals surface area (Å²) in [6.45, 7) is -0.125. The first-order chi connectivity index (χ1) is 12.0. The van der Waals surface area contributed by atoms with Gasteiger partial charge in [-0.15, -0.1) is 0 Å². The Labute approximate surface area is 141 Å². The lowest BCUT2D eigenvalue weighted by molar-refractivity contribution is -0.207. The number of ether oxygens (including phenoxy) is 1. The van der Waals surface area contributed by atoms with Crippen LogP contribution in [0.4, 0.5) is 14.9 Å². The van der Waals surface area contributed by atoms with Crippen LogP contribution in [-0.2, 0) is 4.74 Å². The molecular weight excluding hydrogens is 329 g/mol. The fraction of sp³-hybridized carbons (Fsp3) is 0.188. The van der Waals surface area contributed by atoms with Gasteiger partial charge in [0.25, 0.3) is 0 Å². The molecule has 0 radical (unpaired) electrons. The van der Waals surface area contributed by atoms with Crippen LogP contribution in [0.25, 0.3) is 11.1 Å². The van der Waals surface area contributed by atoms with Crippen molar-refractivity contribution in [2.75, 3.05) is 18.1 Å². The van der Waals surface area contributed by atoms with Crippen LogP contribution in [0.3, 0.4) is 0 Å².